The molecular formula is C12H23N5O3. The zero-order valence-electron chi connectivity index (χ0n) is 12.0. The minimum Gasteiger partial charge on any atom is -0.394 e. The molecule has 0 aromatic carbocycles. The quantitative estimate of drug-likeness (QED) is 0.286. The molecule has 0 aliphatic carbocycles. The summed E-state index contributed by atoms with van der Waals surface area (Å²) < 4.78 is 0. The minimum atomic E-state index is -1.25. The molecule has 0 aliphatic heterocycles. The summed E-state index contributed by atoms with van der Waals surface area (Å²) in [6, 6.07) is 0. The van der Waals surface area contributed by atoms with Crippen molar-refractivity contribution < 1.29 is 15.3 Å². The molecule has 0 spiro atoms. The highest BCUT2D eigenvalue weighted by Gasteiger charge is 2.29. The van der Waals surface area contributed by atoms with Crippen LogP contribution in [-0.2, 0) is 0 Å². The molecule has 20 heavy (non-hydrogen) atoms. The highest BCUT2D eigenvalue weighted by Crippen LogP contribution is 2.24. The molecule has 0 fully saturated rings. The van der Waals surface area contributed by atoms with E-state index in [4.69, 9.17) is 5.84 Å². The van der Waals surface area contributed by atoms with E-state index in [1.165, 1.54) is 0 Å². The average Bonchev–Trinajstić information content (AvgIpc) is 2.46. The van der Waals surface area contributed by atoms with E-state index in [1.807, 2.05) is 13.8 Å². The second-order valence-electron chi connectivity index (χ2n) is 5.08. The number of rotatable bonds is 7. The van der Waals surface area contributed by atoms with Crippen molar-refractivity contribution >= 4 is 11.6 Å². The fourth-order valence-corrected chi connectivity index (χ4v) is 1.57. The van der Waals surface area contributed by atoms with E-state index in [1.54, 1.807) is 6.92 Å². The molecule has 1 aromatic heterocycles. The second kappa shape index (κ2) is 6.80. The first kappa shape index (κ1) is 16.6. The summed E-state index contributed by atoms with van der Waals surface area (Å²) in [5.41, 5.74) is 1.88. The van der Waals surface area contributed by atoms with Gasteiger partial charge in [0.25, 0.3) is 0 Å². The Hall–Kier alpha value is -1.48. The standard InChI is InChI=1S/C12H23N5O3/c1-7(2)9-14-10(8(3)11(15-9)17-13)16-12(4-18,5-19)6-20/h7,18-20H,4-6,13H2,1-3H3,(H2,14,15,16,17). The van der Waals surface area contributed by atoms with Gasteiger partial charge in [0.05, 0.1) is 19.8 Å². The molecule has 8 nitrogen and oxygen atoms in total. The third kappa shape index (κ3) is 3.34. The highest BCUT2D eigenvalue weighted by atomic mass is 16.3. The number of aromatic nitrogens is 2. The maximum Gasteiger partial charge on any atom is 0.148 e. The smallest absolute Gasteiger partial charge is 0.148 e. The number of hydrogen-bond donors (Lipinski definition) is 6. The molecule has 1 heterocycles. The van der Waals surface area contributed by atoms with Gasteiger partial charge in [-0.25, -0.2) is 15.8 Å². The molecule has 0 unspecified atom stereocenters. The summed E-state index contributed by atoms with van der Waals surface area (Å²) in [5.74, 6) is 6.94. The fraction of sp³-hybridized carbons (Fsp3) is 0.667. The summed E-state index contributed by atoms with van der Waals surface area (Å²) in [6.07, 6.45) is 0. The van der Waals surface area contributed by atoms with Crippen LogP contribution in [-0.4, -0.2) is 50.6 Å². The molecule has 0 atom stereocenters. The molecule has 0 radical (unpaired) electrons. The maximum atomic E-state index is 9.37. The summed E-state index contributed by atoms with van der Waals surface area (Å²) in [7, 11) is 0. The van der Waals surface area contributed by atoms with E-state index in [2.05, 4.69) is 20.7 Å². The number of aliphatic hydroxyl groups is 3. The summed E-state index contributed by atoms with van der Waals surface area (Å²) in [5, 5.41) is 31.0. The Labute approximate surface area is 118 Å². The zero-order valence-corrected chi connectivity index (χ0v) is 12.0. The number of nitrogens with two attached hydrogens (primary N) is 1. The second-order valence-corrected chi connectivity index (χ2v) is 5.08. The zero-order chi connectivity index (χ0) is 15.3. The SMILES string of the molecule is Cc1c(NN)nc(C(C)C)nc1NC(CO)(CO)CO. The summed E-state index contributed by atoms with van der Waals surface area (Å²) in [4.78, 5) is 8.64. The predicted octanol–water partition coefficient (Wildman–Crippen LogP) is -0.678. The van der Waals surface area contributed by atoms with Gasteiger partial charge in [-0.1, -0.05) is 13.8 Å². The lowest BCUT2D eigenvalue weighted by molar-refractivity contribution is 0.0830. The van der Waals surface area contributed by atoms with E-state index < -0.39 is 25.4 Å². The van der Waals surface area contributed by atoms with Gasteiger partial charge in [0, 0.05) is 11.5 Å². The third-order valence-electron chi connectivity index (χ3n) is 3.11. The topological polar surface area (TPSA) is 137 Å². The van der Waals surface area contributed by atoms with Gasteiger partial charge in [0.15, 0.2) is 0 Å². The van der Waals surface area contributed by atoms with Crippen molar-refractivity contribution in [3.8, 4) is 0 Å². The monoisotopic (exact) mass is 285 g/mol. The van der Waals surface area contributed by atoms with E-state index in [-0.39, 0.29) is 5.92 Å². The van der Waals surface area contributed by atoms with Crippen LogP contribution in [0.15, 0.2) is 0 Å². The van der Waals surface area contributed by atoms with Gasteiger partial charge in [-0.05, 0) is 6.92 Å². The molecule has 0 saturated carbocycles. The van der Waals surface area contributed by atoms with Crippen LogP contribution in [0.3, 0.4) is 0 Å². The first-order valence-corrected chi connectivity index (χ1v) is 6.39. The molecule has 8 heteroatoms. The van der Waals surface area contributed by atoms with E-state index in [0.717, 1.165) is 0 Å². The molecular weight excluding hydrogens is 262 g/mol. The van der Waals surface area contributed by atoms with E-state index in [0.29, 0.717) is 23.0 Å². The normalized spacial score (nSPS) is 11.8. The van der Waals surface area contributed by atoms with Gasteiger partial charge < -0.3 is 26.1 Å². The number of nitrogen functional groups attached to an aromatic ring is 1. The molecule has 0 saturated heterocycles. The number of hydrogen-bond acceptors (Lipinski definition) is 8. The van der Waals surface area contributed by atoms with Crippen LogP contribution in [0.25, 0.3) is 0 Å². The Morgan fingerprint density at radius 2 is 1.60 bits per heavy atom. The number of anilines is 2. The number of hydrazine groups is 1. The molecule has 1 aromatic rings. The van der Waals surface area contributed by atoms with Crippen LogP contribution in [0, 0.1) is 6.92 Å². The van der Waals surface area contributed by atoms with Crippen molar-refractivity contribution in [1.82, 2.24) is 9.97 Å². The van der Waals surface area contributed by atoms with Gasteiger partial charge in [-0.2, -0.15) is 0 Å². The summed E-state index contributed by atoms with van der Waals surface area (Å²) in [6.45, 7) is 4.31. The fourth-order valence-electron chi connectivity index (χ4n) is 1.57. The van der Waals surface area contributed by atoms with Crippen LogP contribution >= 0.6 is 0 Å². The van der Waals surface area contributed by atoms with Crippen molar-refractivity contribution in [3.05, 3.63) is 11.4 Å². The Kier molecular flexibility index (Phi) is 5.63. The van der Waals surface area contributed by atoms with Gasteiger partial charge in [0.1, 0.15) is 23.0 Å². The van der Waals surface area contributed by atoms with Gasteiger partial charge in [-0.3, -0.25) is 0 Å². The average molecular weight is 285 g/mol. The van der Waals surface area contributed by atoms with Crippen molar-refractivity contribution in [2.45, 2.75) is 32.2 Å². The molecule has 114 valence electrons. The van der Waals surface area contributed by atoms with Crippen LogP contribution in [0.4, 0.5) is 11.6 Å². The lowest BCUT2D eigenvalue weighted by Crippen LogP contribution is -2.49. The lowest BCUT2D eigenvalue weighted by atomic mass is 10.0. The molecule has 1 rings (SSSR count). The van der Waals surface area contributed by atoms with Crippen molar-refractivity contribution in [1.29, 1.82) is 0 Å². The van der Waals surface area contributed by atoms with Crippen LogP contribution in [0.5, 0.6) is 0 Å². The van der Waals surface area contributed by atoms with Crippen LogP contribution in [0.2, 0.25) is 0 Å². The van der Waals surface area contributed by atoms with Crippen molar-refractivity contribution in [3.63, 3.8) is 0 Å². The highest BCUT2D eigenvalue weighted by molar-refractivity contribution is 5.58. The van der Waals surface area contributed by atoms with Crippen molar-refractivity contribution in [2.75, 3.05) is 30.6 Å². The molecule has 0 bridgehead atoms. The number of nitrogens with zero attached hydrogens (tertiary/aromatic N) is 2. The first-order valence-electron chi connectivity index (χ1n) is 6.39. The van der Waals surface area contributed by atoms with Gasteiger partial charge in [0.2, 0.25) is 0 Å². The Balaban J connectivity index is 3.25. The predicted molar refractivity (Wildman–Crippen MR) is 76.3 cm³/mol. The number of nitrogens with one attached hydrogen (secondary N) is 2. The molecule has 0 aliphatic rings. The Morgan fingerprint density at radius 3 is 2.00 bits per heavy atom. The van der Waals surface area contributed by atoms with Crippen LogP contribution in [0.1, 0.15) is 31.2 Å². The van der Waals surface area contributed by atoms with Crippen LogP contribution < -0.4 is 16.6 Å². The Bertz CT molecular complexity index is 441. The Morgan fingerprint density at radius 1 is 1.10 bits per heavy atom. The maximum absolute atomic E-state index is 9.37. The molecule has 0 amide bonds. The lowest BCUT2D eigenvalue weighted by Gasteiger charge is -2.30. The largest absolute Gasteiger partial charge is 0.394 e. The van der Waals surface area contributed by atoms with E-state index in [9.17, 15) is 15.3 Å². The first-order chi connectivity index (χ1) is 9.42. The van der Waals surface area contributed by atoms with Gasteiger partial charge in [-0.15, -0.1) is 0 Å². The number of aliphatic hydroxyl groups excluding tert-OH is 3. The summed E-state index contributed by atoms with van der Waals surface area (Å²) >= 11 is 0. The van der Waals surface area contributed by atoms with Crippen molar-refractivity contribution in [2.24, 2.45) is 5.84 Å². The van der Waals surface area contributed by atoms with E-state index >= 15 is 0 Å². The minimum absolute atomic E-state index is 0.0787. The molecule has 7 N–H and O–H groups in total. The van der Waals surface area contributed by atoms with Gasteiger partial charge >= 0.3 is 0 Å². The third-order valence-corrected chi connectivity index (χ3v) is 3.11.